The summed E-state index contributed by atoms with van der Waals surface area (Å²) in [6, 6.07) is 2.56. The molecule has 0 nitrogen and oxygen atoms in total. The normalized spacial score (nSPS) is 14.8. The van der Waals surface area contributed by atoms with E-state index in [9.17, 15) is 0 Å². The molecule has 0 amide bonds. The van der Waals surface area contributed by atoms with Crippen LogP contribution >= 0.6 is 88.6 Å². The van der Waals surface area contributed by atoms with Crippen LogP contribution < -0.4 is 0 Å². The molecule has 12 heteroatoms. The second-order valence-electron chi connectivity index (χ2n) is 5.03. The molecule has 0 N–H and O–H groups in total. The SMILES string of the molecule is C[Si](Cl)(Cl)CC[Si](Cl)(Cl)C[Si](Cl)(Cl)CC[Si](C)(Cl)Cl. The van der Waals surface area contributed by atoms with Crippen LogP contribution in [0.4, 0.5) is 0 Å². The van der Waals surface area contributed by atoms with Gasteiger partial charge in [0, 0.05) is 0 Å². The first kappa shape index (κ1) is 22.2. The van der Waals surface area contributed by atoms with Crippen molar-refractivity contribution < 1.29 is 0 Å². The number of hydrogen-bond acceptors (Lipinski definition) is 0. The zero-order chi connectivity index (χ0) is 15.5. The van der Waals surface area contributed by atoms with Crippen molar-refractivity contribution in [2.45, 2.75) is 42.9 Å². The van der Waals surface area contributed by atoms with Gasteiger partial charge in [0.15, 0.2) is 0 Å². The van der Waals surface area contributed by atoms with Crippen LogP contribution in [0.3, 0.4) is 0 Å². The molecule has 0 aliphatic rings. The number of rotatable bonds is 8. The van der Waals surface area contributed by atoms with E-state index in [4.69, 9.17) is 88.6 Å². The molecule has 0 aliphatic heterocycles. The van der Waals surface area contributed by atoms with Crippen LogP contribution in [0.1, 0.15) is 0 Å². The number of halogens is 8. The lowest BCUT2D eigenvalue weighted by molar-refractivity contribution is 1.34. The molecule has 0 spiro atoms. The minimum absolute atomic E-state index is 0.489. The van der Waals surface area contributed by atoms with Crippen molar-refractivity contribution in [1.82, 2.24) is 0 Å². The fourth-order valence-electron chi connectivity index (χ4n) is 1.36. The van der Waals surface area contributed by atoms with E-state index in [1.165, 1.54) is 0 Å². The van der Waals surface area contributed by atoms with Crippen molar-refractivity contribution >= 4 is 115 Å². The molecule has 0 rings (SSSR count). The maximum atomic E-state index is 6.40. The zero-order valence-electron chi connectivity index (χ0n) is 10.6. The van der Waals surface area contributed by atoms with Gasteiger partial charge in [-0.15, -0.1) is 88.6 Å². The van der Waals surface area contributed by atoms with E-state index in [1.54, 1.807) is 0 Å². The summed E-state index contributed by atoms with van der Waals surface area (Å²) in [5.41, 5.74) is 0.489. The minimum Gasteiger partial charge on any atom is -0.146 e. The van der Waals surface area contributed by atoms with Crippen molar-refractivity contribution in [3.05, 3.63) is 0 Å². The summed E-state index contributed by atoms with van der Waals surface area (Å²) in [6.45, 7) is -5.70. The molecule has 0 aromatic heterocycles. The molecule has 0 fully saturated rings. The van der Waals surface area contributed by atoms with Crippen molar-refractivity contribution in [3.63, 3.8) is 0 Å². The average Bonchev–Trinajstić information content (AvgIpc) is 2.09. The van der Waals surface area contributed by atoms with E-state index in [-0.39, 0.29) is 0 Å². The second kappa shape index (κ2) is 8.33. The fourth-order valence-corrected chi connectivity index (χ4v) is 29.7. The Morgan fingerprint density at radius 1 is 0.526 bits per heavy atom. The molecule has 0 unspecified atom stereocenters. The summed E-state index contributed by atoms with van der Waals surface area (Å²) < 4.78 is 0. The van der Waals surface area contributed by atoms with Crippen molar-refractivity contribution in [2.75, 3.05) is 0 Å². The zero-order valence-corrected chi connectivity index (χ0v) is 20.6. The summed E-state index contributed by atoms with van der Waals surface area (Å²) in [5, 5.41) is 0. The van der Waals surface area contributed by atoms with Crippen molar-refractivity contribution in [3.8, 4) is 0 Å². The highest BCUT2D eigenvalue weighted by Crippen LogP contribution is 2.41. The third-order valence-electron chi connectivity index (χ3n) is 2.38. The van der Waals surface area contributed by atoms with Gasteiger partial charge in [-0.05, 0) is 42.9 Å². The highest BCUT2D eigenvalue weighted by molar-refractivity contribution is 7.57. The van der Waals surface area contributed by atoms with Gasteiger partial charge in [0.25, 0.3) is 13.4 Å². The van der Waals surface area contributed by atoms with E-state index in [0.29, 0.717) is 29.8 Å². The third kappa shape index (κ3) is 14.5. The first-order chi connectivity index (χ1) is 8.12. The van der Waals surface area contributed by atoms with Gasteiger partial charge < -0.3 is 0 Å². The lowest BCUT2D eigenvalue weighted by Gasteiger charge is -2.26. The van der Waals surface area contributed by atoms with Gasteiger partial charge in [0.2, 0.25) is 13.4 Å². The first-order valence-electron chi connectivity index (χ1n) is 5.63. The third-order valence-corrected chi connectivity index (χ3v) is 21.1. The highest BCUT2D eigenvalue weighted by atomic mass is 35.7. The predicted molar refractivity (Wildman–Crippen MR) is 106 cm³/mol. The summed E-state index contributed by atoms with van der Waals surface area (Å²) in [4.78, 5) is 0. The molecule has 0 aromatic rings. The molecule has 0 aliphatic carbocycles. The molecule has 0 heterocycles. The molecular weight excluding hydrogens is 480 g/mol. The van der Waals surface area contributed by atoms with E-state index >= 15 is 0 Å². The largest absolute Gasteiger partial charge is 0.250 e. The Morgan fingerprint density at radius 3 is 1.00 bits per heavy atom. The molecule has 0 saturated heterocycles. The predicted octanol–water partition coefficient (Wildman–Crippen LogP) is 7.46. The van der Waals surface area contributed by atoms with Gasteiger partial charge in [-0.1, -0.05) is 0 Å². The molecule has 0 radical (unpaired) electrons. The Kier molecular flexibility index (Phi) is 9.73. The van der Waals surface area contributed by atoms with Crippen LogP contribution in [0, 0.1) is 0 Å². The molecule has 0 aromatic carbocycles. The molecule has 0 atom stereocenters. The molecule has 19 heavy (non-hydrogen) atoms. The molecule has 0 saturated carbocycles. The van der Waals surface area contributed by atoms with Crippen LogP contribution in [-0.2, 0) is 0 Å². The topological polar surface area (TPSA) is 0 Å². The van der Waals surface area contributed by atoms with E-state index < -0.39 is 26.8 Å². The summed E-state index contributed by atoms with van der Waals surface area (Å²) in [7, 11) is 0. The smallest absolute Gasteiger partial charge is 0.146 e. The molecule has 0 bridgehead atoms. The molecule has 116 valence electrons. The van der Waals surface area contributed by atoms with Gasteiger partial charge in [-0.2, -0.15) is 0 Å². The fraction of sp³-hybridized carbons (Fsp3) is 1.00. The van der Waals surface area contributed by atoms with Gasteiger partial charge in [0.1, 0.15) is 0 Å². The quantitative estimate of drug-likeness (QED) is 0.242. The Hall–Kier alpha value is 3.19. The van der Waals surface area contributed by atoms with Gasteiger partial charge in [-0.25, -0.2) is 0 Å². The maximum absolute atomic E-state index is 6.40. The Bertz CT molecular complexity index is 256. The van der Waals surface area contributed by atoms with Gasteiger partial charge >= 0.3 is 0 Å². The van der Waals surface area contributed by atoms with Crippen LogP contribution in [0.15, 0.2) is 0 Å². The van der Waals surface area contributed by atoms with E-state index in [2.05, 4.69) is 0 Å². The Labute approximate surface area is 157 Å². The summed E-state index contributed by atoms with van der Waals surface area (Å²) in [6.07, 6.45) is 0. The highest BCUT2D eigenvalue weighted by Gasteiger charge is 2.43. The monoisotopic (exact) mass is 492 g/mol. The van der Waals surface area contributed by atoms with Crippen LogP contribution in [-0.4, -0.2) is 26.8 Å². The second-order valence-corrected chi connectivity index (χ2v) is 37.2. The van der Waals surface area contributed by atoms with Crippen LogP contribution in [0.25, 0.3) is 0 Å². The standard InChI is InChI=1S/C7H16Cl8Si4/c1-16(8,9)3-5-18(12,13)7-19(14,15)6-4-17(2,10)11/h3-7H2,1-2H3. The Balaban J connectivity index is 4.37. The summed E-state index contributed by atoms with van der Waals surface area (Å²) >= 11 is 49.8. The maximum Gasteiger partial charge on any atom is 0.250 e. The lowest BCUT2D eigenvalue weighted by Crippen LogP contribution is -2.35. The lowest BCUT2D eigenvalue weighted by atomic mass is 10.9. The van der Waals surface area contributed by atoms with Crippen molar-refractivity contribution in [1.29, 1.82) is 0 Å². The summed E-state index contributed by atoms with van der Waals surface area (Å²) in [5.74, 6) is 0. The Morgan fingerprint density at radius 2 is 0.789 bits per heavy atom. The minimum atomic E-state index is -2.51. The first-order valence-corrected chi connectivity index (χ1v) is 24.0. The van der Waals surface area contributed by atoms with E-state index in [1.807, 2.05) is 13.1 Å². The van der Waals surface area contributed by atoms with Crippen LogP contribution in [0.5, 0.6) is 0 Å². The van der Waals surface area contributed by atoms with Gasteiger partial charge in [-0.3, -0.25) is 0 Å². The van der Waals surface area contributed by atoms with Crippen LogP contribution in [0.2, 0.25) is 42.9 Å². The number of hydrogen-bond donors (Lipinski definition) is 0. The molecular formula is C7H16Cl8Si4. The van der Waals surface area contributed by atoms with Crippen molar-refractivity contribution in [2.24, 2.45) is 0 Å². The van der Waals surface area contributed by atoms with E-state index in [0.717, 1.165) is 0 Å². The van der Waals surface area contributed by atoms with Gasteiger partial charge in [0.05, 0.1) is 0 Å². The average molecular weight is 496 g/mol.